The second-order valence-corrected chi connectivity index (χ2v) is 6.39. The molecule has 4 heteroatoms. The summed E-state index contributed by atoms with van der Waals surface area (Å²) in [7, 11) is 0. The minimum Gasteiger partial charge on any atom is -0.481 e. The van der Waals surface area contributed by atoms with Gasteiger partial charge in [0, 0.05) is 19.0 Å². The van der Waals surface area contributed by atoms with E-state index >= 15 is 0 Å². The van der Waals surface area contributed by atoms with Gasteiger partial charge in [-0.15, -0.1) is 0 Å². The lowest BCUT2D eigenvalue weighted by molar-refractivity contribution is -0.138. The molecule has 0 aromatic carbocycles. The molecule has 4 nitrogen and oxygen atoms in total. The van der Waals surface area contributed by atoms with Crippen LogP contribution in [0.4, 0.5) is 0 Å². The van der Waals surface area contributed by atoms with Crippen molar-refractivity contribution in [3.8, 4) is 0 Å². The van der Waals surface area contributed by atoms with E-state index in [0.29, 0.717) is 12.0 Å². The van der Waals surface area contributed by atoms with Crippen molar-refractivity contribution < 1.29 is 15.0 Å². The van der Waals surface area contributed by atoms with E-state index in [1.54, 1.807) is 0 Å². The fraction of sp³-hybridized carbons (Fsp3) is 0.933. The number of hydrogen-bond acceptors (Lipinski definition) is 3. The van der Waals surface area contributed by atoms with Crippen LogP contribution in [0.25, 0.3) is 0 Å². The van der Waals surface area contributed by atoms with Gasteiger partial charge in [0.05, 0.1) is 6.10 Å². The van der Waals surface area contributed by atoms with E-state index < -0.39 is 5.97 Å². The van der Waals surface area contributed by atoms with Gasteiger partial charge >= 0.3 is 5.97 Å². The molecular weight excluding hydrogens is 242 g/mol. The van der Waals surface area contributed by atoms with Gasteiger partial charge in [0.15, 0.2) is 0 Å². The third kappa shape index (κ3) is 3.93. The average molecular weight is 269 g/mol. The number of hydrogen-bond donors (Lipinski definition) is 2. The molecule has 0 radical (unpaired) electrons. The van der Waals surface area contributed by atoms with Gasteiger partial charge in [-0.3, -0.25) is 9.69 Å². The second-order valence-electron chi connectivity index (χ2n) is 6.39. The van der Waals surface area contributed by atoms with E-state index in [0.717, 1.165) is 45.2 Å². The Balaban J connectivity index is 1.90. The van der Waals surface area contributed by atoms with Crippen molar-refractivity contribution in [2.24, 2.45) is 11.8 Å². The predicted octanol–water partition coefficient (Wildman–Crippen LogP) is 2.11. The molecule has 1 heterocycles. The summed E-state index contributed by atoms with van der Waals surface area (Å²) in [6.45, 7) is 4.09. The third-order valence-corrected chi connectivity index (χ3v) is 4.95. The molecule has 19 heavy (non-hydrogen) atoms. The number of carboxylic acids is 1. The molecule has 0 amide bonds. The highest BCUT2D eigenvalue weighted by molar-refractivity contribution is 5.67. The summed E-state index contributed by atoms with van der Waals surface area (Å²) in [5.74, 6) is 0.0161. The standard InChI is InChI=1S/C15H27NO3/c1-11(9-15(18)19)12-5-4-8-16(10-12)13-6-2-3-7-14(13)17/h11-14,17H,2-10H2,1H3,(H,18,19). The van der Waals surface area contributed by atoms with E-state index in [4.69, 9.17) is 5.11 Å². The van der Waals surface area contributed by atoms with Gasteiger partial charge in [0.2, 0.25) is 0 Å². The summed E-state index contributed by atoms with van der Waals surface area (Å²) < 4.78 is 0. The van der Waals surface area contributed by atoms with Crippen LogP contribution < -0.4 is 0 Å². The second kappa shape index (κ2) is 6.71. The molecule has 1 aliphatic heterocycles. The number of likely N-dealkylation sites (tertiary alicyclic amines) is 1. The number of nitrogens with zero attached hydrogens (tertiary/aromatic N) is 1. The van der Waals surface area contributed by atoms with Crippen molar-refractivity contribution in [2.45, 2.75) is 64.0 Å². The summed E-state index contributed by atoms with van der Waals surface area (Å²) in [5, 5.41) is 19.1. The summed E-state index contributed by atoms with van der Waals surface area (Å²) in [6.07, 6.45) is 6.75. The monoisotopic (exact) mass is 269 g/mol. The topological polar surface area (TPSA) is 60.8 Å². The number of piperidine rings is 1. The zero-order valence-electron chi connectivity index (χ0n) is 11.9. The Bertz CT molecular complexity index is 308. The van der Waals surface area contributed by atoms with Crippen molar-refractivity contribution >= 4 is 5.97 Å². The molecule has 0 aromatic heterocycles. The van der Waals surface area contributed by atoms with E-state index in [1.165, 1.54) is 6.42 Å². The molecule has 2 rings (SSSR count). The molecule has 2 fully saturated rings. The maximum atomic E-state index is 10.8. The van der Waals surface area contributed by atoms with E-state index in [-0.39, 0.29) is 18.4 Å². The van der Waals surface area contributed by atoms with Crippen molar-refractivity contribution in [2.75, 3.05) is 13.1 Å². The van der Waals surface area contributed by atoms with Gasteiger partial charge in [-0.1, -0.05) is 19.8 Å². The van der Waals surface area contributed by atoms with Crippen LogP contribution in [-0.2, 0) is 4.79 Å². The first-order valence-corrected chi connectivity index (χ1v) is 7.72. The first-order valence-electron chi connectivity index (χ1n) is 7.72. The van der Waals surface area contributed by atoms with E-state index in [1.807, 2.05) is 0 Å². The molecule has 0 spiro atoms. The highest BCUT2D eigenvalue weighted by Gasteiger charge is 2.33. The molecule has 4 unspecified atom stereocenters. The van der Waals surface area contributed by atoms with Crippen LogP contribution in [0.3, 0.4) is 0 Å². The van der Waals surface area contributed by atoms with Crippen LogP contribution in [0.5, 0.6) is 0 Å². The quantitative estimate of drug-likeness (QED) is 0.820. The van der Waals surface area contributed by atoms with Crippen LogP contribution in [-0.4, -0.2) is 46.3 Å². The number of aliphatic hydroxyl groups excluding tert-OH is 1. The van der Waals surface area contributed by atoms with Crippen LogP contribution >= 0.6 is 0 Å². The molecule has 4 atom stereocenters. The zero-order valence-corrected chi connectivity index (χ0v) is 11.9. The molecule has 1 saturated carbocycles. The van der Waals surface area contributed by atoms with Gasteiger partial charge in [-0.2, -0.15) is 0 Å². The molecule has 0 bridgehead atoms. The maximum absolute atomic E-state index is 10.8. The number of carboxylic acid groups (broad SMARTS) is 1. The summed E-state index contributed by atoms with van der Waals surface area (Å²) in [4.78, 5) is 13.3. The lowest BCUT2D eigenvalue weighted by Gasteiger charge is -2.43. The average Bonchev–Trinajstić information content (AvgIpc) is 2.38. The van der Waals surface area contributed by atoms with E-state index in [9.17, 15) is 9.90 Å². The number of aliphatic hydroxyl groups is 1. The molecule has 1 saturated heterocycles. The fourth-order valence-corrected chi connectivity index (χ4v) is 3.77. The van der Waals surface area contributed by atoms with Gasteiger partial charge < -0.3 is 10.2 Å². The fourth-order valence-electron chi connectivity index (χ4n) is 3.77. The van der Waals surface area contributed by atoms with Crippen LogP contribution in [0.15, 0.2) is 0 Å². The van der Waals surface area contributed by atoms with Gasteiger partial charge in [0.25, 0.3) is 0 Å². The highest BCUT2D eigenvalue weighted by Crippen LogP contribution is 2.31. The van der Waals surface area contributed by atoms with Crippen LogP contribution in [0.1, 0.15) is 51.9 Å². The first-order chi connectivity index (χ1) is 9.08. The van der Waals surface area contributed by atoms with Gasteiger partial charge in [0.1, 0.15) is 0 Å². The Hall–Kier alpha value is -0.610. The lowest BCUT2D eigenvalue weighted by atomic mass is 9.82. The predicted molar refractivity (Wildman–Crippen MR) is 74.0 cm³/mol. The molecular formula is C15H27NO3. The molecule has 1 aliphatic carbocycles. The largest absolute Gasteiger partial charge is 0.481 e. The molecule has 2 aliphatic rings. The SMILES string of the molecule is CC(CC(=O)O)C1CCCN(C2CCCCC2O)C1. The van der Waals surface area contributed by atoms with Crippen molar-refractivity contribution in [3.05, 3.63) is 0 Å². The minimum atomic E-state index is -0.692. The Morgan fingerprint density at radius 1 is 1.26 bits per heavy atom. The van der Waals surface area contributed by atoms with Gasteiger partial charge in [-0.05, 0) is 44.1 Å². The van der Waals surface area contributed by atoms with E-state index in [2.05, 4.69) is 11.8 Å². The summed E-state index contributed by atoms with van der Waals surface area (Å²) in [6, 6.07) is 0.313. The van der Waals surface area contributed by atoms with Crippen LogP contribution in [0, 0.1) is 11.8 Å². The Kier molecular flexibility index (Phi) is 5.22. The first kappa shape index (κ1) is 14.8. The molecule has 2 N–H and O–H groups in total. The smallest absolute Gasteiger partial charge is 0.303 e. The number of aliphatic carboxylic acids is 1. The van der Waals surface area contributed by atoms with Crippen molar-refractivity contribution in [3.63, 3.8) is 0 Å². The molecule has 110 valence electrons. The van der Waals surface area contributed by atoms with Crippen molar-refractivity contribution in [1.82, 2.24) is 4.90 Å². The Labute approximate surface area is 115 Å². The summed E-state index contributed by atoms with van der Waals surface area (Å²) in [5.41, 5.74) is 0. The lowest BCUT2D eigenvalue weighted by Crippen LogP contribution is -2.50. The highest BCUT2D eigenvalue weighted by atomic mass is 16.4. The maximum Gasteiger partial charge on any atom is 0.303 e. The van der Waals surface area contributed by atoms with Gasteiger partial charge in [-0.25, -0.2) is 0 Å². The summed E-state index contributed by atoms with van der Waals surface area (Å²) >= 11 is 0. The number of rotatable bonds is 4. The minimum absolute atomic E-state index is 0.178. The Morgan fingerprint density at radius 3 is 2.68 bits per heavy atom. The van der Waals surface area contributed by atoms with Crippen LogP contribution in [0.2, 0.25) is 0 Å². The third-order valence-electron chi connectivity index (χ3n) is 4.95. The Morgan fingerprint density at radius 2 is 2.00 bits per heavy atom. The normalized spacial score (nSPS) is 34.9. The zero-order chi connectivity index (χ0) is 13.8. The van der Waals surface area contributed by atoms with Crippen molar-refractivity contribution in [1.29, 1.82) is 0 Å². The molecule has 0 aromatic rings. The number of carbonyl (C=O) groups is 1.